The number of benzene rings is 2. The molecule has 0 radical (unpaired) electrons. The minimum atomic E-state index is 0.530. The first-order valence-corrected chi connectivity index (χ1v) is 9.08. The van der Waals surface area contributed by atoms with Crippen LogP contribution in [0.1, 0.15) is 17.0 Å². The highest BCUT2D eigenvalue weighted by atomic mass is 79.9. The van der Waals surface area contributed by atoms with Gasteiger partial charge in [0.25, 0.3) is 0 Å². The van der Waals surface area contributed by atoms with Crippen LogP contribution in [-0.4, -0.2) is 15.1 Å². The van der Waals surface area contributed by atoms with Crippen molar-refractivity contribution in [2.75, 3.05) is 5.32 Å². The largest absolute Gasteiger partial charge is 0.365 e. The number of nitrogens with zero attached hydrogens (tertiary/aromatic N) is 3. The van der Waals surface area contributed by atoms with Gasteiger partial charge in [-0.3, -0.25) is 0 Å². The van der Waals surface area contributed by atoms with Crippen molar-refractivity contribution in [3.8, 4) is 11.4 Å². The van der Waals surface area contributed by atoms with Gasteiger partial charge >= 0.3 is 0 Å². The van der Waals surface area contributed by atoms with Gasteiger partial charge in [-0.25, -0.2) is 4.98 Å². The highest BCUT2D eigenvalue weighted by molar-refractivity contribution is 9.10. The molecule has 0 spiro atoms. The number of halogens is 1. The molecular formula is C20H17BrN4O. The fourth-order valence-corrected chi connectivity index (χ4v) is 3.29. The van der Waals surface area contributed by atoms with E-state index in [0.717, 1.165) is 32.3 Å². The minimum absolute atomic E-state index is 0.530. The maximum absolute atomic E-state index is 5.17. The Balaban J connectivity index is 1.76. The normalized spacial score (nSPS) is 11.0. The molecule has 26 heavy (non-hydrogen) atoms. The van der Waals surface area contributed by atoms with Crippen LogP contribution in [0.3, 0.4) is 0 Å². The summed E-state index contributed by atoms with van der Waals surface area (Å²) in [7, 11) is 0. The first kappa shape index (κ1) is 16.7. The van der Waals surface area contributed by atoms with Gasteiger partial charge in [0.1, 0.15) is 5.82 Å². The topological polar surface area (TPSA) is 63.8 Å². The summed E-state index contributed by atoms with van der Waals surface area (Å²) in [6, 6.07) is 16.4. The van der Waals surface area contributed by atoms with E-state index < -0.39 is 0 Å². The predicted molar refractivity (Wildman–Crippen MR) is 106 cm³/mol. The summed E-state index contributed by atoms with van der Waals surface area (Å²) in [5.41, 5.74) is 4.09. The Morgan fingerprint density at radius 2 is 1.92 bits per heavy atom. The Hall–Kier alpha value is -2.73. The lowest BCUT2D eigenvalue weighted by molar-refractivity contribution is 0.394. The second-order valence-corrected chi connectivity index (χ2v) is 7.12. The van der Waals surface area contributed by atoms with Gasteiger partial charge in [0.05, 0.1) is 11.1 Å². The molecule has 0 saturated heterocycles. The highest BCUT2D eigenvalue weighted by Crippen LogP contribution is 2.29. The van der Waals surface area contributed by atoms with Crippen molar-refractivity contribution in [1.82, 2.24) is 15.1 Å². The van der Waals surface area contributed by atoms with Crippen LogP contribution in [0.4, 0.5) is 5.82 Å². The van der Waals surface area contributed by atoms with E-state index in [4.69, 9.17) is 9.51 Å². The van der Waals surface area contributed by atoms with Crippen molar-refractivity contribution in [2.45, 2.75) is 20.4 Å². The molecule has 4 rings (SSSR count). The van der Waals surface area contributed by atoms with Gasteiger partial charge in [-0.2, -0.15) is 4.98 Å². The van der Waals surface area contributed by atoms with Crippen LogP contribution in [0.2, 0.25) is 0 Å². The van der Waals surface area contributed by atoms with Gasteiger partial charge in [-0.1, -0.05) is 44.8 Å². The molecule has 0 unspecified atom stereocenters. The van der Waals surface area contributed by atoms with Crippen LogP contribution in [0.5, 0.6) is 0 Å². The van der Waals surface area contributed by atoms with Gasteiger partial charge in [0.2, 0.25) is 11.7 Å². The molecule has 4 aromatic rings. The minimum Gasteiger partial charge on any atom is -0.365 e. The molecule has 0 aliphatic carbocycles. The van der Waals surface area contributed by atoms with Crippen LogP contribution < -0.4 is 5.32 Å². The summed E-state index contributed by atoms with van der Waals surface area (Å²) in [5, 5.41) is 8.54. The maximum Gasteiger partial charge on any atom is 0.223 e. The lowest BCUT2D eigenvalue weighted by Crippen LogP contribution is -2.04. The Morgan fingerprint density at radius 3 is 2.69 bits per heavy atom. The molecule has 0 aliphatic rings. The van der Waals surface area contributed by atoms with Crippen molar-refractivity contribution in [3.05, 3.63) is 70.0 Å². The smallest absolute Gasteiger partial charge is 0.223 e. The zero-order valence-corrected chi connectivity index (χ0v) is 16.0. The SMILES string of the molecule is Cc1ccc2nc(NCc3cccc(Br)c3)c(-c3noc(C)n3)cc2c1. The van der Waals surface area contributed by atoms with Crippen LogP contribution in [0.25, 0.3) is 22.3 Å². The van der Waals surface area contributed by atoms with E-state index in [1.165, 1.54) is 5.56 Å². The second kappa shape index (κ2) is 6.88. The number of pyridine rings is 1. The third-order valence-electron chi connectivity index (χ3n) is 4.09. The Morgan fingerprint density at radius 1 is 1.04 bits per heavy atom. The Kier molecular flexibility index (Phi) is 4.42. The van der Waals surface area contributed by atoms with Crippen molar-refractivity contribution >= 4 is 32.7 Å². The van der Waals surface area contributed by atoms with Gasteiger partial charge < -0.3 is 9.84 Å². The summed E-state index contributed by atoms with van der Waals surface area (Å²) < 4.78 is 6.21. The first-order valence-electron chi connectivity index (χ1n) is 8.29. The van der Waals surface area contributed by atoms with Crippen molar-refractivity contribution in [2.24, 2.45) is 0 Å². The Bertz CT molecular complexity index is 1090. The zero-order valence-electron chi connectivity index (χ0n) is 14.5. The quantitative estimate of drug-likeness (QED) is 0.497. The molecule has 0 aliphatic heterocycles. The fraction of sp³-hybridized carbons (Fsp3) is 0.150. The standard InChI is InChI=1S/C20H17BrN4O/c1-12-6-7-18-15(8-12)10-17(20-23-13(2)26-25-20)19(24-18)22-11-14-4-3-5-16(21)9-14/h3-10H,11H2,1-2H3,(H,22,24). The Labute approximate surface area is 159 Å². The van der Waals surface area contributed by atoms with E-state index in [0.29, 0.717) is 18.3 Å². The molecule has 130 valence electrons. The predicted octanol–water partition coefficient (Wildman–Crippen LogP) is 5.28. The summed E-state index contributed by atoms with van der Waals surface area (Å²) in [4.78, 5) is 9.17. The van der Waals surface area contributed by atoms with Crippen LogP contribution in [0.15, 0.2) is 57.5 Å². The molecule has 6 heteroatoms. The van der Waals surface area contributed by atoms with E-state index >= 15 is 0 Å². The number of fused-ring (bicyclic) bond motifs is 1. The molecule has 2 aromatic heterocycles. The number of aryl methyl sites for hydroxylation is 2. The van der Waals surface area contributed by atoms with E-state index in [1.807, 2.05) is 18.2 Å². The van der Waals surface area contributed by atoms with E-state index in [1.54, 1.807) is 6.92 Å². The van der Waals surface area contributed by atoms with Crippen LogP contribution in [-0.2, 0) is 6.54 Å². The van der Waals surface area contributed by atoms with Gasteiger partial charge in [-0.15, -0.1) is 0 Å². The lowest BCUT2D eigenvalue weighted by Gasteiger charge is -2.11. The van der Waals surface area contributed by atoms with Crippen LogP contribution in [0, 0.1) is 13.8 Å². The molecule has 0 saturated carbocycles. The number of nitrogens with one attached hydrogen (secondary N) is 1. The maximum atomic E-state index is 5.17. The van der Waals surface area contributed by atoms with Crippen molar-refractivity contribution in [1.29, 1.82) is 0 Å². The molecule has 0 atom stereocenters. The van der Waals surface area contributed by atoms with Crippen molar-refractivity contribution in [3.63, 3.8) is 0 Å². The average molecular weight is 409 g/mol. The number of aromatic nitrogens is 3. The fourth-order valence-electron chi connectivity index (χ4n) is 2.84. The van der Waals surface area contributed by atoms with Gasteiger partial charge in [0, 0.05) is 23.3 Å². The number of hydrogen-bond donors (Lipinski definition) is 1. The third-order valence-corrected chi connectivity index (χ3v) is 4.58. The monoisotopic (exact) mass is 408 g/mol. The molecule has 0 bridgehead atoms. The number of anilines is 1. The molecule has 5 nitrogen and oxygen atoms in total. The summed E-state index contributed by atoms with van der Waals surface area (Å²) in [6.07, 6.45) is 0. The molecule has 2 heterocycles. The molecule has 1 N–H and O–H groups in total. The second-order valence-electron chi connectivity index (χ2n) is 6.20. The first-order chi connectivity index (χ1) is 12.6. The average Bonchev–Trinajstić information content (AvgIpc) is 3.05. The summed E-state index contributed by atoms with van der Waals surface area (Å²) in [6.45, 7) is 4.49. The molecule has 2 aromatic carbocycles. The number of hydrogen-bond acceptors (Lipinski definition) is 5. The molecule has 0 amide bonds. The lowest BCUT2D eigenvalue weighted by atomic mass is 10.1. The molecule has 0 fully saturated rings. The zero-order chi connectivity index (χ0) is 18.1. The van der Waals surface area contributed by atoms with Crippen LogP contribution >= 0.6 is 15.9 Å². The number of rotatable bonds is 4. The van der Waals surface area contributed by atoms with E-state index in [9.17, 15) is 0 Å². The summed E-state index contributed by atoms with van der Waals surface area (Å²) >= 11 is 3.51. The van der Waals surface area contributed by atoms with Gasteiger partial charge in [-0.05, 0) is 42.8 Å². The highest BCUT2D eigenvalue weighted by Gasteiger charge is 2.14. The van der Waals surface area contributed by atoms with Crippen molar-refractivity contribution < 1.29 is 4.52 Å². The summed E-state index contributed by atoms with van der Waals surface area (Å²) in [5.74, 6) is 1.81. The third kappa shape index (κ3) is 3.46. The molecular weight excluding hydrogens is 392 g/mol. The van der Waals surface area contributed by atoms with Gasteiger partial charge in [0.15, 0.2) is 0 Å². The van der Waals surface area contributed by atoms with E-state index in [-0.39, 0.29) is 0 Å². The van der Waals surface area contributed by atoms with E-state index in [2.05, 4.69) is 68.6 Å².